The Morgan fingerprint density at radius 3 is 2.47 bits per heavy atom. The second-order valence-electron chi connectivity index (χ2n) is 4.58. The van der Waals surface area contributed by atoms with E-state index in [2.05, 4.69) is 5.32 Å². The summed E-state index contributed by atoms with van der Waals surface area (Å²) < 4.78 is 0. The van der Waals surface area contributed by atoms with Gasteiger partial charge in [0, 0.05) is 24.5 Å². The largest absolute Gasteiger partial charge is 0.399 e. The van der Waals surface area contributed by atoms with Gasteiger partial charge in [-0.3, -0.25) is 4.90 Å². The number of rotatable bonds is 2. The van der Waals surface area contributed by atoms with Crippen LogP contribution in [-0.4, -0.2) is 19.1 Å². The minimum atomic E-state index is -0.0401. The van der Waals surface area contributed by atoms with E-state index in [1.54, 1.807) is 24.1 Å². The smallest absolute Gasteiger partial charge is 0.321 e. The molecule has 0 bridgehead atoms. The number of nitrogens with zero attached hydrogens (tertiary/aromatic N) is 1. The Labute approximate surface area is 102 Å². The molecule has 1 aliphatic rings. The van der Waals surface area contributed by atoms with E-state index >= 15 is 0 Å². The highest BCUT2D eigenvalue weighted by Gasteiger charge is 2.19. The van der Waals surface area contributed by atoms with Crippen LogP contribution < -0.4 is 16.0 Å². The Morgan fingerprint density at radius 2 is 1.88 bits per heavy atom. The molecule has 2 amide bonds. The molecule has 0 saturated heterocycles. The summed E-state index contributed by atoms with van der Waals surface area (Å²) >= 11 is 0. The normalized spacial score (nSPS) is 15.8. The van der Waals surface area contributed by atoms with Crippen molar-refractivity contribution in [2.24, 2.45) is 0 Å². The van der Waals surface area contributed by atoms with Gasteiger partial charge < -0.3 is 11.1 Å². The van der Waals surface area contributed by atoms with Crippen molar-refractivity contribution in [1.82, 2.24) is 5.32 Å². The molecule has 1 aromatic carbocycles. The van der Waals surface area contributed by atoms with Crippen molar-refractivity contribution < 1.29 is 4.79 Å². The van der Waals surface area contributed by atoms with E-state index in [1.807, 2.05) is 12.1 Å². The fourth-order valence-electron chi connectivity index (χ4n) is 2.16. The summed E-state index contributed by atoms with van der Waals surface area (Å²) in [6.45, 7) is 0. The fraction of sp³-hybridized carbons (Fsp3) is 0.462. The molecule has 0 aromatic heterocycles. The average Bonchev–Trinajstić information content (AvgIpc) is 2.82. The molecule has 1 aromatic rings. The van der Waals surface area contributed by atoms with E-state index in [9.17, 15) is 4.79 Å². The zero-order valence-corrected chi connectivity index (χ0v) is 10.1. The summed E-state index contributed by atoms with van der Waals surface area (Å²) in [4.78, 5) is 13.6. The predicted octanol–water partition coefficient (Wildman–Crippen LogP) is 2.36. The SMILES string of the molecule is CN(C(=O)NC1CCCC1)c1ccc(N)cc1. The van der Waals surface area contributed by atoms with Crippen molar-refractivity contribution in [1.29, 1.82) is 0 Å². The molecule has 0 heterocycles. The van der Waals surface area contributed by atoms with Gasteiger partial charge in [-0.25, -0.2) is 4.79 Å². The Morgan fingerprint density at radius 1 is 1.29 bits per heavy atom. The van der Waals surface area contributed by atoms with Crippen molar-refractivity contribution in [2.75, 3.05) is 17.7 Å². The molecule has 1 saturated carbocycles. The van der Waals surface area contributed by atoms with Gasteiger partial charge in [-0.2, -0.15) is 0 Å². The third-order valence-electron chi connectivity index (χ3n) is 3.27. The summed E-state index contributed by atoms with van der Waals surface area (Å²) in [6, 6.07) is 7.61. The molecule has 17 heavy (non-hydrogen) atoms. The van der Waals surface area contributed by atoms with Crippen molar-refractivity contribution in [2.45, 2.75) is 31.7 Å². The maximum atomic E-state index is 12.0. The van der Waals surface area contributed by atoms with E-state index in [-0.39, 0.29) is 6.03 Å². The van der Waals surface area contributed by atoms with Gasteiger partial charge in [0.1, 0.15) is 0 Å². The topological polar surface area (TPSA) is 58.4 Å². The van der Waals surface area contributed by atoms with Crippen LogP contribution in [0.5, 0.6) is 0 Å². The van der Waals surface area contributed by atoms with Crippen LogP contribution >= 0.6 is 0 Å². The van der Waals surface area contributed by atoms with E-state index in [1.165, 1.54) is 12.8 Å². The Kier molecular flexibility index (Phi) is 3.52. The van der Waals surface area contributed by atoms with Crippen LogP contribution in [0.2, 0.25) is 0 Å². The molecule has 2 rings (SSSR count). The fourth-order valence-corrected chi connectivity index (χ4v) is 2.16. The van der Waals surface area contributed by atoms with Crippen LogP contribution in [-0.2, 0) is 0 Å². The summed E-state index contributed by atoms with van der Waals surface area (Å²) in [7, 11) is 1.77. The molecular weight excluding hydrogens is 214 g/mol. The molecule has 0 spiro atoms. The standard InChI is InChI=1S/C13H19N3O/c1-16(12-8-6-10(14)7-9-12)13(17)15-11-4-2-3-5-11/h6-9,11H,2-5,14H2,1H3,(H,15,17). The number of nitrogens with one attached hydrogen (secondary N) is 1. The van der Waals surface area contributed by atoms with Crippen LogP contribution in [0, 0.1) is 0 Å². The Hall–Kier alpha value is -1.71. The van der Waals surface area contributed by atoms with Gasteiger partial charge in [0.25, 0.3) is 0 Å². The highest BCUT2D eigenvalue weighted by Crippen LogP contribution is 2.19. The van der Waals surface area contributed by atoms with Gasteiger partial charge in [-0.1, -0.05) is 12.8 Å². The summed E-state index contributed by atoms with van der Waals surface area (Å²) in [5.74, 6) is 0. The lowest BCUT2D eigenvalue weighted by Gasteiger charge is -2.21. The van der Waals surface area contributed by atoms with E-state index < -0.39 is 0 Å². The molecule has 92 valence electrons. The number of hydrogen-bond acceptors (Lipinski definition) is 2. The monoisotopic (exact) mass is 233 g/mol. The minimum Gasteiger partial charge on any atom is -0.399 e. The molecule has 1 aliphatic carbocycles. The Balaban J connectivity index is 1.96. The van der Waals surface area contributed by atoms with Gasteiger partial charge in [0.05, 0.1) is 0 Å². The highest BCUT2D eigenvalue weighted by molar-refractivity contribution is 5.91. The van der Waals surface area contributed by atoms with Crippen LogP contribution in [0.1, 0.15) is 25.7 Å². The molecule has 4 nitrogen and oxygen atoms in total. The van der Waals surface area contributed by atoms with Crippen molar-refractivity contribution >= 4 is 17.4 Å². The first kappa shape index (κ1) is 11.8. The zero-order valence-electron chi connectivity index (χ0n) is 10.1. The number of carbonyl (C=O) groups excluding carboxylic acids is 1. The second kappa shape index (κ2) is 5.08. The molecule has 0 aliphatic heterocycles. The van der Waals surface area contributed by atoms with Gasteiger partial charge in [0.2, 0.25) is 0 Å². The van der Waals surface area contributed by atoms with Gasteiger partial charge >= 0.3 is 6.03 Å². The Bertz CT molecular complexity index is 382. The maximum absolute atomic E-state index is 12.0. The third kappa shape index (κ3) is 2.90. The zero-order chi connectivity index (χ0) is 12.3. The quantitative estimate of drug-likeness (QED) is 0.770. The number of benzene rings is 1. The number of hydrogen-bond donors (Lipinski definition) is 2. The lowest BCUT2D eigenvalue weighted by Crippen LogP contribution is -2.42. The lowest BCUT2D eigenvalue weighted by atomic mass is 10.2. The first-order valence-electron chi connectivity index (χ1n) is 6.06. The molecule has 0 atom stereocenters. The number of carbonyl (C=O) groups is 1. The number of nitrogen functional groups attached to an aromatic ring is 1. The number of anilines is 2. The molecular formula is C13H19N3O. The average molecular weight is 233 g/mol. The van der Waals surface area contributed by atoms with E-state index in [0.29, 0.717) is 11.7 Å². The van der Waals surface area contributed by atoms with Crippen LogP contribution in [0.3, 0.4) is 0 Å². The molecule has 0 unspecified atom stereocenters. The first-order chi connectivity index (χ1) is 8.16. The van der Waals surface area contributed by atoms with Crippen LogP contribution in [0.15, 0.2) is 24.3 Å². The maximum Gasteiger partial charge on any atom is 0.321 e. The lowest BCUT2D eigenvalue weighted by molar-refractivity contribution is 0.244. The first-order valence-corrected chi connectivity index (χ1v) is 6.06. The molecule has 3 N–H and O–H groups in total. The van der Waals surface area contributed by atoms with Crippen molar-refractivity contribution in [3.63, 3.8) is 0 Å². The van der Waals surface area contributed by atoms with Crippen LogP contribution in [0.4, 0.5) is 16.2 Å². The van der Waals surface area contributed by atoms with E-state index in [4.69, 9.17) is 5.73 Å². The molecule has 4 heteroatoms. The third-order valence-corrected chi connectivity index (χ3v) is 3.27. The summed E-state index contributed by atoms with van der Waals surface area (Å²) in [5.41, 5.74) is 7.18. The summed E-state index contributed by atoms with van der Waals surface area (Å²) in [5, 5.41) is 3.05. The number of nitrogens with two attached hydrogens (primary N) is 1. The number of urea groups is 1. The second-order valence-corrected chi connectivity index (χ2v) is 4.58. The van der Waals surface area contributed by atoms with Crippen molar-refractivity contribution in [3.05, 3.63) is 24.3 Å². The van der Waals surface area contributed by atoms with E-state index in [0.717, 1.165) is 18.5 Å². The highest BCUT2D eigenvalue weighted by atomic mass is 16.2. The van der Waals surface area contributed by atoms with Crippen molar-refractivity contribution in [3.8, 4) is 0 Å². The van der Waals surface area contributed by atoms with Gasteiger partial charge in [0.15, 0.2) is 0 Å². The minimum absolute atomic E-state index is 0.0401. The summed E-state index contributed by atoms with van der Waals surface area (Å²) in [6.07, 6.45) is 4.63. The van der Waals surface area contributed by atoms with Crippen LogP contribution in [0.25, 0.3) is 0 Å². The van der Waals surface area contributed by atoms with Gasteiger partial charge in [-0.15, -0.1) is 0 Å². The molecule has 1 fully saturated rings. The number of amides is 2. The predicted molar refractivity (Wildman–Crippen MR) is 70.0 cm³/mol. The molecule has 0 radical (unpaired) electrons. The van der Waals surface area contributed by atoms with Gasteiger partial charge in [-0.05, 0) is 37.1 Å².